The Morgan fingerprint density at radius 2 is 2.18 bits per heavy atom. The number of amides is 2. The summed E-state index contributed by atoms with van der Waals surface area (Å²) in [5.74, 6) is 0.0604. The van der Waals surface area contributed by atoms with Crippen molar-refractivity contribution in [2.24, 2.45) is 0 Å². The Labute approximate surface area is 131 Å². The Bertz CT molecular complexity index is 750. The first-order valence-electron chi connectivity index (χ1n) is 6.81. The lowest BCUT2D eigenvalue weighted by Gasteiger charge is -2.23. The van der Waals surface area contributed by atoms with Crippen molar-refractivity contribution in [3.63, 3.8) is 0 Å². The van der Waals surface area contributed by atoms with Crippen LogP contribution in [0.1, 0.15) is 27.9 Å². The van der Waals surface area contributed by atoms with E-state index < -0.39 is 6.10 Å². The lowest BCUT2D eigenvalue weighted by molar-refractivity contribution is -0.122. The number of hydrogen-bond donors (Lipinski definition) is 2. The second-order valence-electron chi connectivity index (χ2n) is 5.08. The summed E-state index contributed by atoms with van der Waals surface area (Å²) < 4.78 is 5.46. The number of hydrogen-bond acceptors (Lipinski definition) is 5. The zero-order valence-corrected chi connectivity index (χ0v) is 13.2. The molecule has 0 saturated heterocycles. The van der Waals surface area contributed by atoms with Gasteiger partial charge in [0.05, 0.1) is 11.4 Å². The number of aromatic nitrogens is 1. The standard InChI is InChI=1S/C15H15N3O3S/c1-7-9(3)22-15(16-7)18-14(20)10-4-5-12-11(6-10)17-13(19)8(2)21-12/h4-6,8H,1-3H3,(H,17,19)(H,16,18,20). The minimum absolute atomic E-state index is 0.226. The fourth-order valence-electron chi connectivity index (χ4n) is 2.05. The third-order valence-electron chi connectivity index (χ3n) is 3.42. The summed E-state index contributed by atoms with van der Waals surface area (Å²) in [6, 6.07) is 4.94. The highest BCUT2D eigenvalue weighted by atomic mass is 32.1. The van der Waals surface area contributed by atoms with Crippen LogP contribution in [0.5, 0.6) is 5.75 Å². The summed E-state index contributed by atoms with van der Waals surface area (Å²) in [6.45, 7) is 5.52. The van der Waals surface area contributed by atoms with Gasteiger partial charge in [-0.05, 0) is 39.0 Å². The summed E-state index contributed by atoms with van der Waals surface area (Å²) in [5.41, 5.74) is 1.84. The molecular formula is C15H15N3O3S. The van der Waals surface area contributed by atoms with Gasteiger partial charge in [0, 0.05) is 10.4 Å². The summed E-state index contributed by atoms with van der Waals surface area (Å²) in [5, 5.41) is 6.05. The zero-order chi connectivity index (χ0) is 15.9. The first-order chi connectivity index (χ1) is 10.4. The molecule has 0 spiro atoms. The molecule has 2 amide bonds. The van der Waals surface area contributed by atoms with E-state index >= 15 is 0 Å². The Kier molecular flexibility index (Phi) is 3.58. The predicted octanol–water partition coefficient (Wildman–Crippen LogP) is 2.73. The maximum atomic E-state index is 12.3. The molecule has 0 fully saturated rings. The van der Waals surface area contributed by atoms with Gasteiger partial charge in [-0.2, -0.15) is 0 Å². The number of rotatable bonds is 2. The smallest absolute Gasteiger partial charge is 0.265 e. The van der Waals surface area contributed by atoms with Gasteiger partial charge in [0.15, 0.2) is 11.2 Å². The highest BCUT2D eigenvalue weighted by molar-refractivity contribution is 7.15. The molecule has 7 heteroatoms. The number of carbonyl (C=O) groups excluding carboxylic acids is 2. The Morgan fingerprint density at radius 1 is 1.41 bits per heavy atom. The quantitative estimate of drug-likeness (QED) is 0.892. The largest absolute Gasteiger partial charge is 0.479 e. The number of nitrogens with one attached hydrogen (secondary N) is 2. The molecule has 1 aromatic carbocycles. The topological polar surface area (TPSA) is 80.3 Å². The molecule has 6 nitrogen and oxygen atoms in total. The van der Waals surface area contributed by atoms with Crippen molar-refractivity contribution in [2.45, 2.75) is 26.9 Å². The van der Waals surface area contributed by atoms with Crippen molar-refractivity contribution in [3.05, 3.63) is 34.3 Å². The van der Waals surface area contributed by atoms with Crippen LogP contribution >= 0.6 is 11.3 Å². The highest BCUT2D eigenvalue weighted by Crippen LogP contribution is 2.31. The predicted molar refractivity (Wildman–Crippen MR) is 84.7 cm³/mol. The van der Waals surface area contributed by atoms with Crippen molar-refractivity contribution in [2.75, 3.05) is 10.6 Å². The van der Waals surface area contributed by atoms with Gasteiger partial charge < -0.3 is 10.1 Å². The zero-order valence-electron chi connectivity index (χ0n) is 12.4. The monoisotopic (exact) mass is 317 g/mol. The van der Waals surface area contributed by atoms with Crippen molar-refractivity contribution >= 4 is 34.0 Å². The van der Waals surface area contributed by atoms with E-state index in [4.69, 9.17) is 4.74 Å². The number of benzene rings is 1. The number of thiazole rings is 1. The molecule has 0 bridgehead atoms. The minimum atomic E-state index is -0.534. The molecule has 3 rings (SSSR count). The third-order valence-corrected chi connectivity index (χ3v) is 4.41. The van der Waals surface area contributed by atoms with Gasteiger partial charge in [-0.15, -0.1) is 11.3 Å². The van der Waals surface area contributed by atoms with Gasteiger partial charge in [0.2, 0.25) is 0 Å². The van der Waals surface area contributed by atoms with Gasteiger partial charge >= 0.3 is 0 Å². The van der Waals surface area contributed by atoms with Crippen LogP contribution in [0, 0.1) is 13.8 Å². The fraction of sp³-hybridized carbons (Fsp3) is 0.267. The van der Waals surface area contributed by atoms with E-state index in [2.05, 4.69) is 15.6 Å². The van der Waals surface area contributed by atoms with Gasteiger partial charge in [-0.1, -0.05) is 0 Å². The van der Waals surface area contributed by atoms with E-state index in [9.17, 15) is 9.59 Å². The van der Waals surface area contributed by atoms with Gasteiger partial charge in [0.1, 0.15) is 5.75 Å². The molecule has 1 atom stereocenters. The van der Waals surface area contributed by atoms with Crippen LogP contribution in [-0.2, 0) is 4.79 Å². The number of anilines is 2. The Morgan fingerprint density at radius 3 is 2.86 bits per heavy atom. The summed E-state index contributed by atoms with van der Waals surface area (Å²) in [7, 11) is 0. The summed E-state index contributed by atoms with van der Waals surface area (Å²) in [6.07, 6.45) is -0.534. The molecule has 22 heavy (non-hydrogen) atoms. The Hall–Kier alpha value is -2.41. The molecule has 0 saturated carbocycles. The number of ether oxygens (including phenoxy) is 1. The minimum Gasteiger partial charge on any atom is -0.479 e. The summed E-state index contributed by atoms with van der Waals surface area (Å²) >= 11 is 1.43. The average Bonchev–Trinajstić information content (AvgIpc) is 2.78. The van der Waals surface area contributed by atoms with Gasteiger partial charge in [-0.25, -0.2) is 4.98 Å². The first-order valence-corrected chi connectivity index (χ1v) is 7.62. The maximum Gasteiger partial charge on any atom is 0.265 e. The number of fused-ring (bicyclic) bond motifs is 1. The lowest BCUT2D eigenvalue weighted by atomic mass is 10.1. The van der Waals surface area contributed by atoms with E-state index in [-0.39, 0.29) is 11.8 Å². The van der Waals surface area contributed by atoms with Crippen LogP contribution < -0.4 is 15.4 Å². The van der Waals surface area contributed by atoms with E-state index in [1.165, 1.54) is 11.3 Å². The maximum absolute atomic E-state index is 12.3. The number of nitrogens with zero attached hydrogens (tertiary/aromatic N) is 1. The van der Waals surface area contributed by atoms with Crippen LogP contribution in [0.3, 0.4) is 0 Å². The molecule has 0 aliphatic carbocycles. The molecule has 2 heterocycles. The van der Waals surface area contributed by atoms with Crippen molar-refractivity contribution < 1.29 is 14.3 Å². The van der Waals surface area contributed by atoms with Crippen LogP contribution in [0.2, 0.25) is 0 Å². The van der Waals surface area contributed by atoms with E-state index in [0.717, 1.165) is 10.6 Å². The fourth-order valence-corrected chi connectivity index (χ4v) is 2.86. The third kappa shape index (κ3) is 2.67. The highest BCUT2D eigenvalue weighted by Gasteiger charge is 2.24. The Balaban J connectivity index is 1.82. The van der Waals surface area contributed by atoms with Crippen LogP contribution in [-0.4, -0.2) is 22.9 Å². The lowest BCUT2D eigenvalue weighted by Crippen LogP contribution is -2.34. The first kappa shape index (κ1) is 14.5. The van der Waals surface area contributed by atoms with Crippen LogP contribution in [0.4, 0.5) is 10.8 Å². The number of aryl methyl sites for hydroxylation is 2. The normalized spacial score (nSPS) is 16.5. The molecule has 2 aromatic rings. The van der Waals surface area contributed by atoms with E-state index in [1.54, 1.807) is 25.1 Å². The SMILES string of the molecule is Cc1nc(NC(=O)c2ccc3c(c2)NC(=O)C(C)O3)sc1C. The molecular weight excluding hydrogens is 302 g/mol. The van der Waals surface area contributed by atoms with Crippen molar-refractivity contribution in [1.29, 1.82) is 0 Å². The van der Waals surface area contributed by atoms with Crippen LogP contribution in [0.15, 0.2) is 18.2 Å². The second-order valence-corrected chi connectivity index (χ2v) is 6.28. The molecule has 1 aliphatic heterocycles. The second kappa shape index (κ2) is 5.42. The molecule has 1 aromatic heterocycles. The van der Waals surface area contributed by atoms with Gasteiger partial charge in [0.25, 0.3) is 11.8 Å². The van der Waals surface area contributed by atoms with Crippen molar-refractivity contribution in [3.8, 4) is 5.75 Å². The average molecular weight is 317 g/mol. The van der Waals surface area contributed by atoms with E-state index in [1.807, 2.05) is 13.8 Å². The molecule has 0 radical (unpaired) electrons. The number of carbonyl (C=O) groups is 2. The van der Waals surface area contributed by atoms with Gasteiger partial charge in [-0.3, -0.25) is 14.9 Å². The molecule has 2 N–H and O–H groups in total. The van der Waals surface area contributed by atoms with Crippen molar-refractivity contribution in [1.82, 2.24) is 4.98 Å². The van der Waals surface area contributed by atoms with Crippen LogP contribution in [0.25, 0.3) is 0 Å². The van der Waals surface area contributed by atoms with E-state index in [0.29, 0.717) is 22.1 Å². The molecule has 1 aliphatic rings. The molecule has 1 unspecified atom stereocenters. The summed E-state index contributed by atoms with van der Waals surface area (Å²) in [4.78, 5) is 29.2. The molecule has 114 valence electrons.